The largest absolute Gasteiger partial charge is 0.375 e. The summed E-state index contributed by atoms with van der Waals surface area (Å²) in [5.41, 5.74) is 6.15. The van der Waals surface area contributed by atoms with E-state index < -0.39 is 0 Å². The van der Waals surface area contributed by atoms with Crippen LogP contribution in [0.15, 0.2) is 0 Å². The van der Waals surface area contributed by atoms with Gasteiger partial charge in [-0.15, -0.1) is 0 Å². The Balaban J connectivity index is 2.04. The Morgan fingerprint density at radius 1 is 1.42 bits per heavy atom. The van der Waals surface area contributed by atoms with Crippen LogP contribution in [0.4, 0.5) is 0 Å². The zero-order valence-corrected chi connectivity index (χ0v) is 7.88. The van der Waals surface area contributed by atoms with Crippen molar-refractivity contribution in [3.05, 3.63) is 0 Å². The van der Waals surface area contributed by atoms with Crippen LogP contribution in [-0.2, 0) is 4.74 Å². The molecule has 1 aliphatic heterocycles. The van der Waals surface area contributed by atoms with Crippen molar-refractivity contribution in [1.29, 1.82) is 0 Å². The molecule has 2 unspecified atom stereocenters. The topological polar surface area (TPSA) is 35.2 Å². The first-order valence-electron chi connectivity index (χ1n) is 5.16. The summed E-state index contributed by atoms with van der Waals surface area (Å²) in [6.07, 6.45) is 6.01. The smallest absolute Gasteiger partial charge is 0.0722 e. The number of rotatable bonds is 2. The van der Waals surface area contributed by atoms with Crippen LogP contribution in [0.3, 0.4) is 0 Å². The van der Waals surface area contributed by atoms with E-state index in [-0.39, 0.29) is 5.60 Å². The monoisotopic (exact) mass is 169 g/mol. The standard InChI is InChI=1S/C10H19NO/c1-2-10(8-3-4-8)7-9(11)5-6-12-10/h8-9H,2-7,11H2,1H3. The molecule has 2 heteroatoms. The molecule has 0 spiro atoms. The van der Waals surface area contributed by atoms with Gasteiger partial charge in [0.25, 0.3) is 0 Å². The molecular formula is C10H19NO. The van der Waals surface area contributed by atoms with Crippen LogP contribution in [0.2, 0.25) is 0 Å². The Labute approximate surface area is 74.5 Å². The summed E-state index contributed by atoms with van der Waals surface area (Å²) in [6, 6.07) is 0.388. The van der Waals surface area contributed by atoms with E-state index in [4.69, 9.17) is 10.5 Å². The van der Waals surface area contributed by atoms with Gasteiger partial charge in [0.1, 0.15) is 0 Å². The van der Waals surface area contributed by atoms with Crippen LogP contribution >= 0.6 is 0 Å². The Kier molecular flexibility index (Phi) is 2.13. The maximum atomic E-state index is 5.97. The van der Waals surface area contributed by atoms with Crippen molar-refractivity contribution < 1.29 is 4.74 Å². The van der Waals surface area contributed by atoms with Crippen LogP contribution < -0.4 is 5.73 Å². The van der Waals surface area contributed by atoms with E-state index in [1.54, 1.807) is 0 Å². The second-order valence-electron chi connectivity index (χ2n) is 4.29. The van der Waals surface area contributed by atoms with Crippen LogP contribution in [0, 0.1) is 5.92 Å². The lowest BCUT2D eigenvalue weighted by Gasteiger charge is -2.39. The van der Waals surface area contributed by atoms with Gasteiger partial charge in [-0.1, -0.05) is 6.92 Å². The first-order valence-corrected chi connectivity index (χ1v) is 5.16. The zero-order chi connectivity index (χ0) is 8.60. The quantitative estimate of drug-likeness (QED) is 0.682. The van der Waals surface area contributed by atoms with Crippen LogP contribution in [0.25, 0.3) is 0 Å². The average molecular weight is 169 g/mol. The van der Waals surface area contributed by atoms with Crippen LogP contribution in [0.1, 0.15) is 39.0 Å². The number of ether oxygens (including phenoxy) is 1. The normalized spacial score (nSPS) is 43.0. The van der Waals surface area contributed by atoms with Crippen molar-refractivity contribution in [2.24, 2.45) is 11.7 Å². The Hall–Kier alpha value is -0.0800. The van der Waals surface area contributed by atoms with E-state index in [9.17, 15) is 0 Å². The highest BCUT2D eigenvalue weighted by atomic mass is 16.5. The lowest BCUT2D eigenvalue weighted by Crippen LogP contribution is -2.46. The van der Waals surface area contributed by atoms with Gasteiger partial charge in [0, 0.05) is 12.6 Å². The summed E-state index contributed by atoms with van der Waals surface area (Å²) >= 11 is 0. The van der Waals surface area contributed by atoms with Crippen molar-refractivity contribution in [2.75, 3.05) is 6.61 Å². The van der Waals surface area contributed by atoms with Crippen LogP contribution in [0.5, 0.6) is 0 Å². The highest BCUT2D eigenvalue weighted by Gasteiger charge is 2.47. The molecule has 2 fully saturated rings. The third-order valence-corrected chi connectivity index (χ3v) is 3.41. The maximum absolute atomic E-state index is 5.97. The molecule has 0 aromatic carbocycles. The van der Waals surface area contributed by atoms with Gasteiger partial charge >= 0.3 is 0 Å². The second kappa shape index (κ2) is 3.00. The van der Waals surface area contributed by atoms with E-state index in [0.29, 0.717) is 6.04 Å². The van der Waals surface area contributed by atoms with Crippen molar-refractivity contribution in [3.8, 4) is 0 Å². The van der Waals surface area contributed by atoms with Gasteiger partial charge in [0.2, 0.25) is 0 Å². The molecule has 1 aliphatic carbocycles. The predicted octanol–water partition coefficient (Wildman–Crippen LogP) is 1.68. The van der Waals surface area contributed by atoms with Crippen molar-refractivity contribution in [2.45, 2.75) is 50.7 Å². The minimum Gasteiger partial charge on any atom is -0.375 e. The highest BCUT2D eigenvalue weighted by Crippen LogP contribution is 2.47. The molecular weight excluding hydrogens is 150 g/mol. The van der Waals surface area contributed by atoms with Gasteiger partial charge in [-0.05, 0) is 38.0 Å². The Morgan fingerprint density at radius 3 is 2.67 bits per heavy atom. The third-order valence-electron chi connectivity index (χ3n) is 3.41. The molecule has 0 aromatic rings. The van der Waals surface area contributed by atoms with Gasteiger partial charge in [-0.2, -0.15) is 0 Å². The van der Waals surface area contributed by atoms with E-state index >= 15 is 0 Å². The summed E-state index contributed by atoms with van der Waals surface area (Å²) in [5.74, 6) is 0.828. The first kappa shape index (κ1) is 8.52. The molecule has 1 heterocycles. The molecule has 0 amide bonds. The molecule has 2 rings (SSSR count). The minimum atomic E-state index is 0.178. The third kappa shape index (κ3) is 1.38. The van der Waals surface area contributed by atoms with E-state index in [0.717, 1.165) is 31.8 Å². The van der Waals surface area contributed by atoms with E-state index in [1.165, 1.54) is 12.8 Å². The number of hydrogen-bond acceptors (Lipinski definition) is 2. The maximum Gasteiger partial charge on any atom is 0.0722 e. The molecule has 0 aromatic heterocycles. The van der Waals surface area contributed by atoms with E-state index in [1.807, 2.05) is 0 Å². The minimum absolute atomic E-state index is 0.178. The second-order valence-corrected chi connectivity index (χ2v) is 4.29. The fourth-order valence-electron chi connectivity index (χ4n) is 2.45. The van der Waals surface area contributed by atoms with Crippen molar-refractivity contribution in [1.82, 2.24) is 0 Å². The highest BCUT2D eigenvalue weighted by molar-refractivity contribution is 4.99. The number of nitrogens with two attached hydrogens (primary N) is 1. The predicted molar refractivity (Wildman–Crippen MR) is 48.9 cm³/mol. The van der Waals surface area contributed by atoms with Gasteiger partial charge in [0.05, 0.1) is 5.60 Å². The Morgan fingerprint density at radius 2 is 2.17 bits per heavy atom. The summed E-state index contributed by atoms with van der Waals surface area (Å²) < 4.78 is 5.93. The van der Waals surface area contributed by atoms with Crippen molar-refractivity contribution in [3.63, 3.8) is 0 Å². The van der Waals surface area contributed by atoms with Gasteiger partial charge < -0.3 is 10.5 Å². The van der Waals surface area contributed by atoms with E-state index in [2.05, 4.69) is 6.92 Å². The van der Waals surface area contributed by atoms with Gasteiger partial charge in [-0.3, -0.25) is 0 Å². The lowest BCUT2D eigenvalue weighted by atomic mass is 9.84. The van der Waals surface area contributed by atoms with Crippen molar-refractivity contribution >= 4 is 0 Å². The van der Waals surface area contributed by atoms with Crippen LogP contribution in [-0.4, -0.2) is 18.2 Å². The van der Waals surface area contributed by atoms with Gasteiger partial charge in [-0.25, -0.2) is 0 Å². The molecule has 1 saturated carbocycles. The molecule has 2 atom stereocenters. The molecule has 2 nitrogen and oxygen atoms in total. The van der Waals surface area contributed by atoms with Gasteiger partial charge in [0.15, 0.2) is 0 Å². The molecule has 2 N–H and O–H groups in total. The molecule has 1 saturated heterocycles. The SMILES string of the molecule is CCC1(C2CC2)CC(N)CCO1. The first-order chi connectivity index (χ1) is 5.77. The number of hydrogen-bond donors (Lipinski definition) is 1. The molecule has 0 radical (unpaired) electrons. The lowest BCUT2D eigenvalue weighted by molar-refractivity contribution is -0.101. The average Bonchev–Trinajstić information content (AvgIpc) is 2.86. The summed E-state index contributed by atoms with van der Waals surface area (Å²) in [6.45, 7) is 3.11. The molecule has 0 bridgehead atoms. The summed E-state index contributed by atoms with van der Waals surface area (Å²) in [7, 11) is 0. The molecule has 12 heavy (non-hydrogen) atoms. The fourth-order valence-corrected chi connectivity index (χ4v) is 2.45. The fraction of sp³-hybridized carbons (Fsp3) is 1.00. The molecule has 70 valence electrons. The Bertz CT molecular complexity index is 167. The zero-order valence-electron chi connectivity index (χ0n) is 7.88. The molecule has 2 aliphatic rings. The summed E-state index contributed by atoms with van der Waals surface area (Å²) in [4.78, 5) is 0. The summed E-state index contributed by atoms with van der Waals surface area (Å²) in [5, 5.41) is 0.